The number of hydrogen-bond donors (Lipinski definition) is 1. The molecule has 0 aliphatic rings. The van der Waals surface area contributed by atoms with Crippen molar-refractivity contribution in [1.82, 2.24) is 0 Å². The third kappa shape index (κ3) is 3.39. The summed E-state index contributed by atoms with van der Waals surface area (Å²) in [6, 6.07) is 15.3. The second-order valence-corrected chi connectivity index (χ2v) is 5.30. The second-order valence-electron chi connectivity index (χ2n) is 4.45. The van der Waals surface area contributed by atoms with Gasteiger partial charge in [-0.05, 0) is 23.3 Å². The van der Waals surface area contributed by atoms with E-state index in [1.165, 1.54) is 0 Å². The first-order valence-electron chi connectivity index (χ1n) is 6.22. The molecule has 0 radical (unpaired) electrons. The molecule has 0 saturated heterocycles. The molecule has 0 amide bonds. The zero-order valence-electron chi connectivity index (χ0n) is 11.0. The second kappa shape index (κ2) is 6.57. The smallest absolute Gasteiger partial charge is 0.304 e. The Morgan fingerprint density at radius 2 is 1.95 bits per heavy atom. The monoisotopic (exact) mass is 334 g/mol. The zero-order chi connectivity index (χ0) is 14.5. The highest BCUT2D eigenvalue weighted by Crippen LogP contribution is 2.35. The van der Waals surface area contributed by atoms with Crippen molar-refractivity contribution < 1.29 is 14.6 Å². The Bertz CT molecular complexity index is 596. The molecule has 1 unspecified atom stereocenters. The van der Waals surface area contributed by atoms with Gasteiger partial charge in [0, 0.05) is 10.4 Å². The highest BCUT2D eigenvalue weighted by atomic mass is 79.9. The van der Waals surface area contributed by atoms with Crippen LogP contribution in [0.4, 0.5) is 0 Å². The quantitative estimate of drug-likeness (QED) is 0.896. The van der Waals surface area contributed by atoms with Gasteiger partial charge in [-0.3, -0.25) is 4.79 Å². The van der Waals surface area contributed by atoms with Crippen LogP contribution in [0, 0.1) is 0 Å². The molecule has 0 spiro atoms. The summed E-state index contributed by atoms with van der Waals surface area (Å²) >= 11 is 3.50. The van der Waals surface area contributed by atoms with Gasteiger partial charge < -0.3 is 9.84 Å². The van der Waals surface area contributed by atoms with Crippen LogP contribution in [0.1, 0.15) is 23.5 Å². The molecule has 4 heteroatoms. The highest BCUT2D eigenvalue weighted by Gasteiger charge is 2.20. The molecule has 0 aliphatic carbocycles. The van der Waals surface area contributed by atoms with Gasteiger partial charge in [0.1, 0.15) is 5.75 Å². The SMILES string of the molecule is COc1ccc(C(CC(=O)O)c2ccccc2)c(Br)c1. The first-order valence-corrected chi connectivity index (χ1v) is 7.01. The maximum Gasteiger partial charge on any atom is 0.304 e. The van der Waals surface area contributed by atoms with Crippen LogP contribution in [0.2, 0.25) is 0 Å². The van der Waals surface area contributed by atoms with Gasteiger partial charge >= 0.3 is 5.97 Å². The molecule has 1 N–H and O–H groups in total. The third-order valence-electron chi connectivity index (χ3n) is 3.16. The Morgan fingerprint density at radius 3 is 2.50 bits per heavy atom. The van der Waals surface area contributed by atoms with Gasteiger partial charge in [-0.2, -0.15) is 0 Å². The zero-order valence-corrected chi connectivity index (χ0v) is 12.6. The Morgan fingerprint density at radius 1 is 1.25 bits per heavy atom. The first-order chi connectivity index (χ1) is 9.61. The maximum atomic E-state index is 11.2. The third-order valence-corrected chi connectivity index (χ3v) is 3.85. The standard InChI is InChI=1S/C16H15BrO3/c1-20-12-7-8-13(15(17)9-12)14(10-16(18)19)11-5-3-2-4-6-11/h2-9,14H,10H2,1H3,(H,18,19). The van der Waals surface area contributed by atoms with E-state index in [0.29, 0.717) is 0 Å². The number of methoxy groups -OCH3 is 1. The number of benzene rings is 2. The summed E-state index contributed by atoms with van der Waals surface area (Å²) in [7, 11) is 1.60. The lowest BCUT2D eigenvalue weighted by atomic mass is 9.88. The van der Waals surface area contributed by atoms with Crippen LogP contribution >= 0.6 is 15.9 Å². The van der Waals surface area contributed by atoms with Crippen LogP contribution in [0.25, 0.3) is 0 Å². The molecule has 1 atom stereocenters. The molecule has 2 aromatic rings. The molecule has 2 aromatic carbocycles. The van der Waals surface area contributed by atoms with E-state index < -0.39 is 5.97 Å². The fourth-order valence-corrected chi connectivity index (χ4v) is 2.82. The van der Waals surface area contributed by atoms with Gasteiger partial charge in [0.05, 0.1) is 13.5 Å². The van der Waals surface area contributed by atoms with Gasteiger partial charge in [-0.15, -0.1) is 0 Å². The fraction of sp³-hybridized carbons (Fsp3) is 0.188. The van der Waals surface area contributed by atoms with Crippen molar-refractivity contribution in [3.8, 4) is 5.75 Å². The lowest BCUT2D eigenvalue weighted by Gasteiger charge is -2.18. The number of carboxylic acid groups (broad SMARTS) is 1. The molecular weight excluding hydrogens is 320 g/mol. The normalized spacial score (nSPS) is 11.9. The summed E-state index contributed by atoms with van der Waals surface area (Å²) in [6.07, 6.45) is 0.0505. The number of rotatable bonds is 5. The van der Waals surface area contributed by atoms with E-state index in [9.17, 15) is 4.79 Å². The van der Waals surface area contributed by atoms with Gasteiger partial charge in [-0.1, -0.05) is 52.3 Å². The Kier molecular flexibility index (Phi) is 4.79. The van der Waals surface area contributed by atoms with Crippen molar-refractivity contribution in [3.63, 3.8) is 0 Å². The predicted molar refractivity (Wildman–Crippen MR) is 81.2 cm³/mol. The molecule has 0 bridgehead atoms. The van der Waals surface area contributed by atoms with Crippen LogP contribution in [-0.4, -0.2) is 18.2 Å². The molecule has 104 valence electrons. The largest absolute Gasteiger partial charge is 0.497 e. The van der Waals surface area contributed by atoms with E-state index in [1.54, 1.807) is 7.11 Å². The minimum atomic E-state index is -0.818. The molecule has 2 rings (SSSR count). The van der Waals surface area contributed by atoms with Crippen molar-refractivity contribution in [2.45, 2.75) is 12.3 Å². The lowest BCUT2D eigenvalue weighted by molar-refractivity contribution is -0.137. The molecule has 0 fully saturated rings. The minimum Gasteiger partial charge on any atom is -0.497 e. The molecule has 0 saturated carbocycles. The van der Waals surface area contributed by atoms with Gasteiger partial charge in [-0.25, -0.2) is 0 Å². The number of aliphatic carboxylic acids is 1. The van der Waals surface area contributed by atoms with E-state index in [4.69, 9.17) is 9.84 Å². The van der Waals surface area contributed by atoms with Crippen LogP contribution in [0.15, 0.2) is 53.0 Å². The average molecular weight is 335 g/mol. The van der Waals surface area contributed by atoms with Crippen molar-refractivity contribution in [2.75, 3.05) is 7.11 Å². The van der Waals surface area contributed by atoms with E-state index in [1.807, 2.05) is 48.5 Å². The summed E-state index contributed by atoms with van der Waals surface area (Å²) in [5.74, 6) is -0.265. The minimum absolute atomic E-state index is 0.0505. The number of carbonyl (C=O) groups is 1. The summed E-state index contributed by atoms with van der Waals surface area (Å²) < 4.78 is 6.02. The summed E-state index contributed by atoms with van der Waals surface area (Å²) in [5.41, 5.74) is 1.93. The van der Waals surface area contributed by atoms with Gasteiger partial charge in [0.2, 0.25) is 0 Å². The van der Waals surface area contributed by atoms with E-state index in [-0.39, 0.29) is 12.3 Å². The molecular formula is C16H15BrO3. The Balaban J connectivity index is 2.44. The van der Waals surface area contributed by atoms with Gasteiger partial charge in [0.15, 0.2) is 0 Å². The van der Waals surface area contributed by atoms with Gasteiger partial charge in [0.25, 0.3) is 0 Å². The summed E-state index contributed by atoms with van der Waals surface area (Å²) in [5, 5.41) is 9.16. The van der Waals surface area contributed by atoms with E-state index in [0.717, 1.165) is 21.3 Å². The van der Waals surface area contributed by atoms with Crippen LogP contribution < -0.4 is 4.74 Å². The first kappa shape index (κ1) is 14.6. The topological polar surface area (TPSA) is 46.5 Å². The Labute approximate surface area is 126 Å². The molecule has 20 heavy (non-hydrogen) atoms. The summed E-state index contributed by atoms with van der Waals surface area (Å²) in [6.45, 7) is 0. The van der Waals surface area contributed by atoms with Crippen molar-refractivity contribution in [3.05, 3.63) is 64.1 Å². The van der Waals surface area contributed by atoms with Crippen LogP contribution in [-0.2, 0) is 4.79 Å². The van der Waals surface area contributed by atoms with Crippen molar-refractivity contribution >= 4 is 21.9 Å². The van der Waals surface area contributed by atoms with E-state index >= 15 is 0 Å². The molecule has 0 aromatic heterocycles. The molecule has 0 aliphatic heterocycles. The Hall–Kier alpha value is -1.81. The maximum absolute atomic E-state index is 11.2. The lowest BCUT2D eigenvalue weighted by Crippen LogP contribution is -2.08. The number of halogens is 1. The fourth-order valence-electron chi connectivity index (χ4n) is 2.18. The predicted octanol–water partition coefficient (Wildman–Crippen LogP) is 4.06. The van der Waals surface area contributed by atoms with Crippen LogP contribution in [0.3, 0.4) is 0 Å². The number of ether oxygens (including phenoxy) is 1. The van der Waals surface area contributed by atoms with Crippen molar-refractivity contribution in [1.29, 1.82) is 0 Å². The highest BCUT2D eigenvalue weighted by molar-refractivity contribution is 9.10. The van der Waals surface area contributed by atoms with Crippen LogP contribution in [0.5, 0.6) is 5.75 Å². The molecule has 0 heterocycles. The van der Waals surface area contributed by atoms with E-state index in [2.05, 4.69) is 15.9 Å². The average Bonchev–Trinajstić information content (AvgIpc) is 2.45. The number of carboxylic acids is 1. The summed E-state index contributed by atoms with van der Waals surface area (Å²) in [4.78, 5) is 11.2. The molecule has 3 nitrogen and oxygen atoms in total. The number of hydrogen-bond acceptors (Lipinski definition) is 2. The van der Waals surface area contributed by atoms with Crippen molar-refractivity contribution in [2.24, 2.45) is 0 Å².